The van der Waals surface area contributed by atoms with Crippen LogP contribution in [0.2, 0.25) is 0 Å². The molecule has 0 radical (unpaired) electrons. The van der Waals surface area contributed by atoms with Crippen LogP contribution in [-0.4, -0.2) is 38.5 Å². The van der Waals surface area contributed by atoms with Crippen LogP contribution in [0.4, 0.5) is 0 Å². The van der Waals surface area contributed by atoms with E-state index in [4.69, 9.17) is 0 Å². The van der Waals surface area contributed by atoms with Gasteiger partial charge in [0.1, 0.15) is 6.04 Å². The SMILES string of the molecule is CCn1c(C)cc(C(=O)N2C(C(=O)O)CC3CCCCC32)c1C. The minimum atomic E-state index is -0.864. The number of hydrogen-bond donors (Lipinski definition) is 1. The summed E-state index contributed by atoms with van der Waals surface area (Å²) in [7, 11) is 0. The number of carbonyl (C=O) groups is 2. The van der Waals surface area contributed by atoms with Crippen molar-refractivity contribution >= 4 is 11.9 Å². The summed E-state index contributed by atoms with van der Waals surface area (Å²) in [5.41, 5.74) is 2.67. The molecular formula is C18H26N2O3. The summed E-state index contributed by atoms with van der Waals surface area (Å²) in [4.78, 5) is 26.6. The number of aryl methyl sites for hydroxylation is 1. The van der Waals surface area contributed by atoms with E-state index in [0.717, 1.165) is 43.6 Å². The van der Waals surface area contributed by atoms with Gasteiger partial charge in [0.15, 0.2) is 0 Å². The number of fused-ring (bicyclic) bond motifs is 1. The van der Waals surface area contributed by atoms with Gasteiger partial charge in [-0.1, -0.05) is 12.8 Å². The van der Waals surface area contributed by atoms with Gasteiger partial charge in [0, 0.05) is 24.0 Å². The molecule has 3 atom stereocenters. The Balaban J connectivity index is 1.97. The zero-order valence-corrected chi connectivity index (χ0v) is 14.2. The first-order chi connectivity index (χ1) is 11.0. The molecule has 3 unspecified atom stereocenters. The maximum Gasteiger partial charge on any atom is 0.326 e. The summed E-state index contributed by atoms with van der Waals surface area (Å²) in [6, 6.07) is 1.35. The molecule has 1 aromatic rings. The number of aromatic nitrogens is 1. The molecule has 1 aliphatic heterocycles. The second-order valence-electron chi connectivity index (χ2n) is 6.94. The van der Waals surface area contributed by atoms with Gasteiger partial charge in [0.2, 0.25) is 0 Å². The molecule has 1 saturated heterocycles. The Hall–Kier alpha value is -1.78. The normalized spacial score (nSPS) is 27.1. The lowest BCUT2D eigenvalue weighted by atomic mass is 9.84. The van der Waals surface area contributed by atoms with Crippen molar-refractivity contribution in [2.75, 3.05) is 0 Å². The van der Waals surface area contributed by atoms with Crippen molar-refractivity contribution in [2.24, 2.45) is 5.92 Å². The Bertz CT molecular complexity index is 634. The van der Waals surface area contributed by atoms with Crippen LogP contribution in [0.25, 0.3) is 0 Å². The summed E-state index contributed by atoms with van der Waals surface area (Å²) >= 11 is 0. The predicted octanol–water partition coefficient (Wildman–Crippen LogP) is 2.98. The second-order valence-corrected chi connectivity index (χ2v) is 6.94. The molecular weight excluding hydrogens is 292 g/mol. The molecule has 126 valence electrons. The number of aliphatic carboxylic acids is 1. The molecule has 23 heavy (non-hydrogen) atoms. The van der Waals surface area contributed by atoms with Crippen LogP contribution in [0.1, 0.15) is 60.8 Å². The molecule has 1 saturated carbocycles. The molecule has 2 aliphatic rings. The molecule has 1 N–H and O–H groups in total. The molecule has 5 nitrogen and oxygen atoms in total. The van der Waals surface area contributed by atoms with Gasteiger partial charge in [-0.3, -0.25) is 4.79 Å². The topological polar surface area (TPSA) is 62.5 Å². The molecule has 0 spiro atoms. The highest BCUT2D eigenvalue weighted by Crippen LogP contribution is 2.40. The first-order valence-electron chi connectivity index (χ1n) is 8.67. The van der Waals surface area contributed by atoms with E-state index >= 15 is 0 Å². The average molecular weight is 318 g/mol. The van der Waals surface area contributed by atoms with E-state index in [0.29, 0.717) is 17.9 Å². The van der Waals surface area contributed by atoms with Crippen molar-refractivity contribution in [3.63, 3.8) is 0 Å². The smallest absolute Gasteiger partial charge is 0.326 e. The lowest BCUT2D eigenvalue weighted by Gasteiger charge is -2.33. The number of amides is 1. The summed E-state index contributed by atoms with van der Waals surface area (Å²) in [5.74, 6) is -0.611. The Morgan fingerprint density at radius 3 is 2.57 bits per heavy atom. The zero-order chi connectivity index (χ0) is 16.7. The molecule has 0 bridgehead atoms. The van der Waals surface area contributed by atoms with E-state index in [1.54, 1.807) is 4.90 Å². The minimum absolute atomic E-state index is 0.0976. The van der Waals surface area contributed by atoms with E-state index in [1.807, 2.05) is 19.9 Å². The Kier molecular flexibility index (Phi) is 4.21. The van der Waals surface area contributed by atoms with Crippen LogP contribution < -0.4 is 0 Å². The van der Waals surface area contributed by atoms with Crippen molar-refractivity contribution in [1.29, 1.82) is 0 Å². The standard InChI is InChI=1S/C18H26N2O3/c1-4-19-11(2)9-14(12(19)3)17(21)20-15-8-6-5-7-13(15)10-16(20)18(22)23/h9,13,15-16H,4-8,10H2,1-3H3,(H,22,23). The maximum absolute atomic E-state index is 13.2. The van der Waals surface area contributed by atoms with Crippen molar-refractivity contribution in [3.05, 3.63) is 23.0 Å². The largest absolute Gasteiger partial charge is 0.480 e. The van der Waals surface area contributed by atoms with Crippen LogP contribution >= 0.6 is 0 Å². The molecule has 5 heteroatoms. The van der Waals surface area contributed by atoms with Crippen LogP contribution in [0.3, 0.4) is 0 Å². The molecule has 1 aliphatic carbocycles. The third-order valence-corrected chi connectivity index (χ3v) is 5.73. The number of carbonyl (C=O) groups excluding carboxylic acids is 1. The van der Waals surface area contributed by atoms with Crippen LogP contribution in [0.15, 0.2) is 6.07 Å². The number of nitrogens with zero attached hydrogens (tertiary/aromatic N) is 2. The van der Waals surface area contributed by atoms with Crippen molar-refractivity contribution in [2.45, 2.75) is 71.5 Å². The van der Waals surface area contributed by atoms with Crippen LogP contribution in [0.5, 0.6) is 0 Å². The van der Waals surface area contributed by atoms with E-state index < -0.39 is 12.0 Å². The van der Waals surface area contributed by atoms with Crippen molar-refractivity contribution < 1.29 is 14.7 Å². The second kappa shape index (κ2) is 6.02. The van der Waals surface area contributed by atoms with Crippen molar-refractivity contribution in [1.82, 2.24) is 9.47 Å². The molecule has 2 heterocycles. The fraction of sp³-hybridized carbons (Fsp3) is 0.667. The summed E-state index contributed by atoms with van der Waals surface area (Å²) in [6.45, 7) is 6.82. The lowest BCUT2D eigenvalue weighted by Crippen LogP contribution is -2.46. The predicted molar refractivity (Wildman–Crippen MR) is 87.5 cm³/mol. The first kappa shape index (κ1) is 16.1. The molecule has 1 amide bonds. The molecule has 2 fully saturated rings. The number of hydrogen-bond acceptors (Lipinski definition) is 2. The van der Waals surface area contributed by atoms with Gasteiger partial charge >= 0.3 is 5.97 Å². The highest BCUT2D eigenvalue weighted by molar-refractivity contribution is 5.98. The average Bonchev–Trinajstić information content (AvgIpc) is 3.04. The molecule has 1 aromatic heterocycles. The van der Waals surface area contributed by atoms with Crippen molar-refractivity contribution in [3.8, 4) is 0 Å². The number of carboxylic acid groups (broad SMARTS) is 1. The van der Waals surface area contributed by atoms with Gasteiger partial charge in [-0.25, -0.2) is 4.79 Å². The van der Waals surface area contributed by atoms with E-state index in [9.17, 15) is 14.7 Å². The van der Waals surface area contributed by atoms with Gasteiger partial charge in [0.05, 0.1) is 5.56 Å². The number of rotatable bonds is 3. The monoisotopic (exact) mass is 318 g/mol. The maximum atomic E-state index is 13.2. The van der Waals surface area contributed by atoms with Gasteiger partial charge < -0.3 is 14.6 Å². The van der Waals surface area contributed by atoms with E-state index in [2.05, 4.69) is 11.5 Å². The minimum Gasteiger partial charge on any atom is -0.480 e. The van der Waals surface area contributed by atoms with Crippen LogP contribution in [-0.2, 0) is 11.3 Å². The highest BCUT2D eigenvalue weighted by atomic mass is 16.4. The summed E-state index contributed by atoms with van der Waals surface area (Å²) < 4.78 is 2.11. The van der Waals surface area contributed by atoms with Gasteiger partial charge in [-0.05, 0) is 52.0 Å². The Morgan fingerprint density at radius 1 is 1.26 bits per heavy atom. The molecule has 3 rings (SSSR count). The summed E-state index contributed by atoms with van der Waals surface area (Å²) in [5, 5.41) is 9.60. The fourth-order valence-corrected chi connectivity index (χ4v) is 4.62. The third-order valence-electron chi connectivity index (χ3n) is 5.73. The fourth-order valence-electron chi connectivity index (χ4n) is 4.62. The van der Waals surface area contributed by atoms with Gasteiger partial charge in [-0.2, -0.15) is 0 Å². The third kappa shape index (κ3) is 2.56. The molecule has 0 aromatic carbocycles. The van der Waals surface area contributed by atoms with E-state index in [1.165, 1.54) is 0 Å². The Labute approximate surface area is 137 Å². The first-order valence-corrected chi connectivity index (χ1v) is 8.67. The van der Waals surface area contributed by atoms with E-state index in [-0.39, 0.29) is 11.9 Å². The number of carboxylic acids is 1. The highest BCUT2D eigenvalue weighted by Gasteiger charge is 2.48. The number of likely N-dealkylation sites (tertiary alicyclic amines) is 1. The van der Waals surface area contributed by atoms with Gasteiger partial charge in [-0.15, -0.1) is 0 Å². The van der Waals surface area contributed by atoms with Crippen LogP contribution in [0, 0.1) is 19.8 Å². The quantitative estimate of drug-likeness (QED) is 0.932. The Morgan fingerprint density at radius 2 is 1.96 bits per heavy atom. The summed E-state index contributed by atoms with van der Waals surface area (Å²) in [6.07, 6.45) is 4.84. The zero-order valence-electron chi connectivity index (χ0n) is 14.2. The lowest BCUT2D eigenvalue weighted by molar-refractivity contribution is -0.141. The van der Waals surface area contributed by atoms with Gasteiger partial charge in [0.25, 0.3) is 5.91 Å².